The summed E-state index contributed by atoms with van der Waals surface area (Å²) in [6.07, 6.45) is 2.40. The Morgan fingerprint density at radius 3 is 3.00 bits per heavy atom. The number of nitrogen functional groups attached to an aromatic ring is 1. The fourth-order valence-corrected chi connectivity index (χ4v) is 2.52. The van der Waals surface area contributed by atoms with Crippen LogP contribution < -0.4 is 10.6 Å². The summed E-state index contributed by atoms with van der Waals surface area (Å²) in [5, 5.41) is 0. The largest absolute Gasteiger partial charge is 0.384 e. The number of nitrogens with two attached hydrogens (primary N) is 1. The summed E-state index contributed by atoms with van der Waals surface area (Å²) in [4.78, 5) is 13.2. The minimum absolute atomic E-state index is 0.385. The van der Waals surface area contributed by atoms with Gasteiger partial charge in [0.1, 0.15) is 18.2 Å². The fraction of sp³-hybridized carbons (Fsp3) is 0.692. The lowest BCUT2D eigenvalue weighted by molar-refractivity contribution is 0.178. The molecule has 0 aliphatic carbocycles. The van der Waals surface area contributed by atoms with Gasteiger partial charge in [0.25, 0.3) is 0 Å². The highest BCUT2D eigenvalue weighted by atomic mass is 16.5. The van der Waals surface area contributed by atoms with Gasteiger partial charge >= 0.3 is 0 Å². The Hall–Kier alpha value is -1.40. The maximum absolute atomic E-state index is 5.84. The van der Waals surface area contributed by atoms with Crippen LogP contribution in [0, 0.1) is 0 Å². The average Bonchev–Trinajstić information content (AvgIpc) is 2.37. The Morgan fingerprint density at radius 1 is 1.53 bits per heavy atom. The molecule has 1 aliphatic rings. The first kappa shape index (κ1) is 14.0. The molecular weight excluding hydrogens is 242 g/mol. The van der Waals surface area contributed by atoms with Gasteiger partial charge in [-0.2, -0.15) is 0 Å². The van der Waals surface area contributed by atoms with Crippen LogP contribution in [-0.2, 0) is 11.3 Å². The predicted molar refractivity (Wildman–Crippen MR) is 76.1 cm³/mol. The molecule has 0 spiro atoms. The van der Waals surface area contributed by atoms with Crippen molar-refractivity contribution in [2.75, 3.05) is 44.9 Å². The Morgan fingerprint density at radius 2 is 2.32 bits per heavy atom. The lowest BCUT2D eigenvalue weighted by Crippen LogP contribution is -2.45. The molecule has 19 heavy (non-hydrogen) atoms. The molecule has 0 bridgehead atoms. The number of likely N-dealkylation sites (N-methyl/N-ethyl adjacent to an activating group) is 2. The molecule has 1 aromatic heterocycles. The van der Waals surface area contributed by atoms with Crippen LogP contribution in [-0.4, -0.2) is 55.2 Å². The molecule has 0 saturated carbocycles. The number of hydrogen-bond acceptors (Lipinski definition) is 6. The van der Waals surface area contributed by atoms with Crippen LogP contribution in [0.5, 0.6) is 0 Å². The molecule has 0 amide bonds. The second-order valence-corrected chi connectivity index (χ2v) is 5.17. The summed E-state index contributed by atoms with van der Waals surface area (Å²) < 4.78 is 5.07. The zero-order valence-corrected chi connectivity index (χ0v) is 12.0. The van der Waals surface area contributed by atoms with E-state index in [1.54, 1.807) is 7.11 Å². The summed E-state index contributed by atoms with van der Waals surface area (Å²) in [5.74, 6) is 2.00. The first-order chi connectivity index (χ1) is 9.10. The molecule has 1 fully saturated rings. The summed E-state index contributed by atoms with van der Waals surface area (Å²) in [7, 11) is 5.86. The van der Waals surface area contributed by atoms with Crippen LogP contribution in [0.15, 0.2) is 6.07 Å². The number of anilines is 2. The van der Waals surface area contributed by atoms with Crippen molar-refractivity contribution in [2.45, 2.75) is 25.5 Å². The highest BCUT2D eigenvalue weighted by Crippen LogP contribution is 2.20. The van der Waals surface area contributed by atoms with E-state index in [1.165, 1.54) is 19.4 Å². The quantitative estimate of drug-likeness (QED) is 0.866. The number of methoxy groups -OCH3 is 1. The fourth-order valence-electron chi connectivity index (χ4n) is 2.52. The minimum atomic E-state index is 0.385. The van der Waals surface area contributed by atoms with Crippen molar-refractivity contribution in [3.8, 4) is 0 Å². The number of ether oxygens (including phenoxy) is 1. The van der Waals surface area contributed by atoms with Crippen molar-refractivity contribution in [3.63, 3.8) is 0 Å². The second kappa shape index (κ2) is 6.16. The van der Waals surface area contributed by atoms with Gasteiger partial charge in [-0.1, -0.05) is 0 Å². The van der Waals surface area contributed by atoms with Gasteiger partial charge in [-0.3, -0.25) is 0 Å². The Labute approximate surface area is 114 Å². The zero-order chi connectivity index (χ0) is 13.8. The van der Waals surface area contributed by atoms with Crippen LogP contribution in [0.1, 0.15) is 18.7 Å². The van der Waals surface area contributed by atoms with Crippen molar-refractivity contribution in [1.82, 2.24) is 14.9 Å². The van der Waals surface area contributed by atoms with E-state index in [0.29, 0.717) is 24.3 Å². The topological polar surface area (TPSA) is 67.5 Å². The normalized spacial score (nSPS) is 20.5. The smallest absolute Gasteiger partial charge is 0.158 e. The standard InChI is InChI=1S/C13H23N5O/c1-17-6-4-5-10(8-17)18(2)13-7-11(14)15-12(16-13)9-19-3/h7,10H,4-6,8-9H2,1-3H3,(H2,14,15,16). The van der Waals surface area contributed by atoms with Crippen molar-refractivity contribution in [1.29, 1.82) is 0 Å². The van der Waals surface area contributed by atoms with E-state index in [-0.39, 0.29) is 0 Å². The van der Waals surface area contributed by atoms with Crippen LogP contribution in [0.25, 0.3) is 0 Å². The molecule has 106 valence electrons. The number of nitrogens with zero attached hydrogens (tertiary/aromatic N) is 4. The highest BCUT2D eigenvalue weighted by Gasteiger charge is 2.22. The van der Waals surface area contributed by atoms with Crippen molar-refractivity contribution >= 4 is 11.6 Å². The summed E-state index contributed by atoms with van der Waals surface area (Å²) >= 11 is 0. The molecule has 1 saturated heterocycles. The predicted octanol–water partition coefficient (Wildman–Crippen LogP) is 0.736. The van der Waals surface area contributed by atoms with Gasteiger partial charge < -0.3 is 20.3 Å². The first-order valence-electron chi connectivity index (χ1n) is 6.64. The van der Waals surface area contributed by atoms with Gasteiger partial charge in [0, 0.05) is 32.8 Å². The minimum Gasteiger partial charge on any atom is -0.384 e. The highest BCUT2D eigenvalue weighted by molar-refractivity contribution is 5.47. The van der Waals surface area contributed by atoms with Gasteiger partial charge in [-0.15, -0.1) is 0 Å². The van der Waals surface area contributed by atoms with E-state index in [1.807, 2.05) is 6.07 Å². The third-order valence-electron chi connectivity index (χ3n) is 3.56. The summed E-state index contributed by atoms with van der Waals surface area (Å²) in [6, 6.07) is 2.30. The van der Waals surface area contributed by atoms with E-state index in [9.17, 15) is 0 Å². The SMILES string of the molecule is COCc1nc(N)cc(N(C)C2CCCN(C)C2)n1. The second-order valence-electron chi connectivity index (χ2n) is 5.17. The molecule has 1 aliphatic heterocycles. The molecule has 6 heteroatoms. The van der Waals surface area contributed by atoms with Gasteiger partial charge in [0.2, 0.25) is 0 Å². The lowest BCUT2D eigenvalue weighted by Gasteiger charge is -2.36. The number of piperidine rings is 1. The molecule has 1 atom stereocenters. The summed E-state index contributed by atoms with van der Waals surface area (Å²) in [5.41, 5.74) is 5.84. The van der Waals surface area contributed by atoms with Gasteiger partial charge in [0.15, 0.2) is 5.82 Å². The molecular formula is C13H23N5O. The maximum atomic E-state index is 5.84. The van der Waals surface area contributed by atoms with E-state index >= 15 is 0 Å². The molecule has 1 unspecified atom stereocenters. The monoisotopic (exact) mass is 265 g/mol. The van der Waals surface area contributed by atoms with Crippen LogP contribution in [0.4, 0.5) is 11.6 Å². The maximum Gasteiger partial charge on any atom is 0.158 e. The Kier molecular flexibility index (Phi) is 4.55. The molecule has 0 radical (unpaired) electrons. The van der Waals surface area contributed by atoms with Crippen LogP contribution in [0.3, 0.4) is 0 Å². The van der Waals surface area contributed by atoms with E-state index < -0.39 is 0 Å². The van der Waals surface area contributed by atoms with E-state index in [4.69, 9.17) is 10.5 Å². The number of likely N-dealkylation sites (tertiary alicyclic amines) is 1. The Balaban J connectivity index is 2.15. The van der Waals surface area contributed by atoms with Gasteiger partial charge in [-0.05, 0) is 26.4 Å². The number of hydrogen-bond donors (Lipinski definition) is 1. The zero-order valence-electron chi connectivity index (χ0n) is 12.0. The van der Waals surface area contributed by atoms with Crippen LogP contribution in [0.2, 0.25) is 0 Å². The first-order valence-corrected chi connectivity index (χ1v) is 6.64. The van der Waals surface area contributed by atoms with Crippen molar-refractivity contribution in [2.24, 2.45) is 0 Å². The van der Waals surface area contributed by atoms with Crippen LogP contribution >= 0.6 is 0 Å². The lowest BCUT2D eigenvalue weighted by atomic mass is 10.1. The molecule has 6 nitrogen and oxygen atoms in total. The molecule has 2 rings (SSSR count). The van der Waals surface area contributed by atoms with E-state index in [2.05, 4.69) is 33.9 Å². The van der Waals surface area contributed by atoms with Gasteiger partial charge in [-0.25, -0.2) is 9.97 Å². The Bertz CT molecular complexity index is 425. The molecule has 1 aromatic rings. The van der Waals surface area contributed by atoms with Crippen molar-refractivity contribution in [3.05, 3.63) is 11.9 Å². The average molecular weight is 265 g/mol. The number of aromatic nitrogens is 2. The molecule has 2 heterocycles. The summed E-state index contributed by atoms with van der Waals surface area (Å²) in [6.45, 7) is 2.61. The molecule has 2 N–H and O–H groups in total. The van der Waals surface area contributed by atoms with E-state index in [0.717, 1.165) is 12.4 Å². The number of rotatable bonds is 4. The van der Waals surface area contributed by atoms with Crippen molar-refractivity contribution < 1.29 is 4.74 Å². The third-order valence-corrected chi connectivity index (χ3v) is 3.56. The molecule has 0 aromatic carbocycles. The van der Waals surface area contributed by atoms with Gasteiger partial charge in [0.05, 0.1) is 0 Å². The third kappa shape index (κ3) is 3.54.